The number of hydrogen-bond donors (Lipinski definition) is 2. The quantitative estimate of drug-likeness (QED) is 0.871. The standard InChI is InChI=1S/C12H17BrN2O/c1-2-10(14)7-12(16)15-8-9-5-3-4-6-11(9)13/h3-6,10H,2,7-8,14H2,1H3,(H,15,16). The molecule has 1 rings (SSSR count). The summed E-state index contributed by atoms with van der Waals surface area (Å²) in [6, 6.07) is 7.79. The zero-order chi connectivity index (χ0) is 12.0. The van der Waals surface area contributed by atoms with E-state index in [0.717, 1.165) is 16.5 Å². The van der Waals surface area contributed by atoms with E-state index >= 15 is 0 Å². The van der Waals surface area contributed by atoms with Crippen molar-refractivity contribution in [2.45, 2.75) is 32.4 Å². The van der Waals surface area contributed by atoms with E-state index in [1.807, 2.05) is 31.2 Å². The summed E-state index contributed by atoms with van der Waals surface area (Å²) in [5.74, 6) is 0.00473. The van der Waals surface area contributed by atoms with E-state index in [1.165, 1.54) is 0 Å². The average Bonchev–Trinajstić information content (AvgIpc) is 2.28. The van der Waals surface area contributed by atoms with Crippen LogP contribution >= 0.6 is 15.9 Å². The highest BCUT2D eigenvalue weighted by molar-refractivity contribution is 9.10. The van der Waals surface area contributed by atoms with Crippen LogP contribution in [0.3, 0.4) is 0 Å². The van der Waals surface area contributed by atoms with Gasteiger partial charge >= 0.3 is 0 Å². The van der Waals surface area contributed by atoms with E-state index in [-0.39, 0.29) is 11.9 Å². The number of benzene rings is 1. The van der Waals surface area contributed by atoms with Gasteiger partial charge < -0.3 is 11.1 Å². The number of nitrogens with two attached hydrogens (primary N) is 1. The van der Waals surface area contributed by atoms with Crippen molar-refractivity contribution in [1.82, 2.24) is 5.32 Å². The number of amides is 1. The molecule has 0 saturated carbocycles. The highest BCUT2D eigenvalue weighted by Crippen LogP contribution is 2.15. The molecule has 4 heteroatoms. The second-order valence-electron chi connectivity index (χ2n) is 3.74. The fourth-order valence-electron chi connectivity index (χ4n) is 1.29. The third kappa shape index (κ3) is 4.33. The molecule has 1 unspecified atom stereocenters. The SMILES string of the molecule is CCC(N)CC(=O)NCc1ccccc1Br. The lowest BCUT2D eigenvalue weighted by molar-refractivity contribution is -0.121. The van der Waals surface area contributed by atoms with Crippen LogP contribution in [0.5, 0.6) is 0 Å². The molecule has 0 aromatic heterocycles. The van der Waals surface area contributed by atoms with Crippen LogP contribution in [0, 0.1) is 0 Å². The van der Waals surface area contributed by atoms with Gasteiger partial charge in [-0.15, -0.1) is 0 Å². The fraction of sp³-hybridized carbons (Fsp3) is 0.417. The first-order valence-electron chi connectivity index (χ1n) is 5.39. The van der Waals surface area contributed by atoms with Crippen LogP contribution in [-0.2, 0) is 11.3 Å². The maximum Gasteiger partial charge on any atom is 0.221 e. The van der Waals surface area contributed by atoms with Crippen LogP contribution in [0.4, 0.5) is 0 Å². The monoisotopic (exact) mass is 284 g/mol. The Balaban J connectivity index is 2.40. The third-order valence-corrected chi connectivity index (χ3v) is 3.18. The molecule has 0 aliphatic carbocycles. The lowest BCUT2D eigenvalue weighted by Crippen LogP contribution is -2.30. The van der Waals surface area contributed by atoms with Gasteiger partial charge in [-0.1, -0.05) is 41.1 Å². The molecule has 0 aliphatic heterocycles. The Hall–Kier alpha value is -0.870. The fourth-order valence-corrected chi connectivity index (χ4v) is 1.72. The minimum Gasteiger partial charge on any atom is -0.352 e. The molecular weight excluding hydrogens is 268 g/mol. The molecule has 0 heterocycles. The Morgan fingerprint density at radius 3 is 2.81 bits per heavy atom. The van der Waals surface area contributed by atoms with Crippen molar-refractivity contribution in [2.24, 2.45) is 5.73 Å². The maximum absolute atomic E-state index is 11.5. The van der Waals surface area contributed by atoms with Gasteiger partial charge in [0.1, 0.15) is 0 Å². The van der Waals surface area contributed by atoms with Gasteiger partial charge in [-0.05, 0) is 18.1 Å². The normalized spacial score (nSPS) is 12.2. The molecule has 1 atom stereocenters. The van der Waals surface area contributed by atoms with E-state index < -0.39 is 0 Å². The summed E-state index contributed by atoms with van der Waals surface area (Å²) in [6.07, 6.45) is 1.21. The van der Waals surface area contributed by atoms with Gasteiger partial charge in [-0.2, -0.15) is 0 Å². The van der Waals surface area contributed by atoms with Gasteiger partial charge in [0.25, 0.3) is 0 Å². The van der Waals surface area contributed by atoms with E-state index in [4.69, 9.17) is 5.73 Å². The molecule has 1 aromatic rings. The van der Waals surface area contributed by atoms with Crippen molar-refractivity contribution in [3.63, 3.8) is 0 Å². The van der Waals surface area contributed by atoms with Crippen molar-refractivity contribution in [2.75, 3.05) is 0 Å². The van der Waals surface area contributed by atoms with Crippen molar-refractivity contribution in [3.05, 3.63) is 34.3 Å². The summed E-state index contributed by atoms with van der Waals surface area (Å²) in [5, 5.41) is 2.86. The van der Waals surface area contributed by atoms with Gasteiger partial charge in [0.05, 0.1) is 0 Å². The molecule has 3 nitrogen and oxygen atoms in total. The molecule has 1 amide bonds. The molecule has 0 fully saturated rings. The van der Waals surface area contributed by atoms with Crippen LogP contribution in [0.15, 0.2) is 28.7 Å². The third-order valence-electron chi connectivity index (χ3n) is 2.41. The summed E-state index contributed by atoms with van der Waals surface area (Å²) >= 11 is 3.43. The van der Waals surface area contributed by atoms with Crippen molar-refractivity contribution >= 4 is 21.8 Å². The minimum atomic E-state index is -0.0424. The van der Waals surface area contributed by atoms with Gasteiger partial charge in [0.15, 0.2) is 0 Å². The maximum atomic E-state index is 11.5. The lowest BCUT2D eigenvalue weighted by atomic mass is 10.1. The second-order valence-corrected chi connectivity index (χ2v) is 4.59. The van der Waals surface area contributed by atoms with Gasteiger partial charge in [0, 0.05) is 23.5 Å². The Morgan fingerprint density at radius 1 is 1.50 bits per heavy atom. The summed E-state index contributed by atoms with van der Waals surface area (Å²) in [6.45, 7) is 2.52. The second kappa shape index (κ2) is 6.66. The number of hydrogen-bond acceptors (Lipinski definition) is 2. The molecule has 1 aromatic carbocycles. The van der Waals surface area contributed by atoms with Gasteiger partial charge in [-0.25, -0.2) is 0 Å². The summed E-state index contributed by atoms with van der Waals surface area (Å²) in [7, 11) is 0. The first-order valence-corrected chi connectivity index (χ1v) is 6.18. The van der Waals surface area contributed by atoms with Gasteiger partial charge in [0.2, 0.25) is 5.91 Å². The number of halogens is 1. The molecule has 0 spiro atoms. The lowest BCUT2D eigenvalue weighted by Gasteiger charge is -2.10. The Morgan fingerprint density at radius 2 is 2.19 bits per heavy atom. The van der Waals surface area contributed by atoms with Gasteiger partial charge in [-0.3, -0.25) is 4.79 Å². The Kier molecular flexibility index (Phi) is 5.49. The largest absolute Gasteiger partial charge is 0.352 e. The van der Waals surface area contributed by atoms with E-state index in [2.05, 4.69) is 21.2 Å². The van der Waals surface area contributed by atoms with Crippen LogP contribution in [0.25, 0.3) is 0 Å². The average molecular weight is 285 g/mol. The zero-order valence-corrected chi connectivity index (χ0v) is 11.0. The van der Waals surface area contributed by atoms with Crippen LogP contribution < -0.4 is 11.1 Å². The minimum absolute atomic E-state index is 0.00473. The molecular formula is C12H17BrN2O. The summed E-state index contributed by atoms with van der Waals surface area (Å²) < 4.78 is 1.01. The molecule has 3 N–H and O–H groups in total. The number of rotatable bonds is 5. The Labute approximate surface area is 105 Å². The molecule has 0 radical (unpaired) electrons. The zero-order valence-electron chi connectivity index (χ0n) is 9.37. The first-order chi connectivity index (χ1) is 7.63. The van der Waals surface area contributed by atoms with Crippen LogP contribution in [0.2, 0.25) is 0 Å². The molecule has 88 valence electrons. The van der Waals surface area contributed by atoms with E-state index in [0.29, 0.717) is 13.0 Å². The molecule has 0 saturated heterocycles. The molecule has 0 aliphatic rings. The number of nitrogens with one attached hydrogen (secondary N) is 1. The highest BCUT2D eigenvalue weighted by atomic mass is 79.9. The van der Waals surface area contributed by atoms with Crippen LogP contribution in [0.1, 0.15) is 25.3 Å². The Bertz CT molecular complexity index is 355. The van der Waals surface area contributed by atoms with Crippen molar-refractivity contribution < 1.29 is 4.79 Å². The predicted molar refractivity (Wildman–Crippen MR) is 68.9 cm³/mol. The first kappa shape index (κ1) is 13.2. The highest BCUT2D eigenvalue weighted by Gasteiger charge is 2.07. The van der Waals surface area contributed by atoms with E-state index in [9.17, 15) is 4.79 Å². The smallest absolute Gasteiger partial charge is 0.221 e. The molecule has 0 bridgehead atoms. The van der Waals surface area contributed by atoms with Crippen molar-refractivity contribution in [3.8, 4) is 0 Å². The predicted octanol–water partition coefficient (Wildman–Crippen LogP) is 2.19. The van der Waals surface area contributed by atoms with Crippen molar-refractivity contribution in [1.29, 1.82) is 0 Å². The number of carbonyl (C=O) groups is 1. The van der Waals surface area contributed by atoms with E-state index in [1.54, 1.807) is 0 Å². The summed E-state index contributed by atoms with van der Waals surface area (Å²) in [5.41, 5.74) is 6.77. The molecule has 16 heavy (non-hydrogen) atoms. The van der Waals surface area contributed by atoms with Crippen LogP contribution in [-0.4, -0.2) is 11.9 Å². The summed E-state index contributed by atoms with van der Waals surface area (Å²) in [4.78, 5) is 11.5. The number of carbonyl (C=O) groups excluding carboxylic acids is 1. The topological polar surface area (TPSA) is 55.1 Å².